The van der Waals surface area contributed by atoms with Crippen molar-refractivity contribution in [3.8, 4) is 0 Å². The van der Waals surface area contributed by atoms with Gasteiger partial charge in [0.05, 0.1) is 22.7 Å². The van der Waals surface area contributed by atoms with Crippen molar-refractivity contribution < 1.29 is 14.4 Å². The van der Waals surface area contributed by atoms with Crippen molar-refractivity contribution in [3.05, 3.63) is 80.1 Å². The van der Waals surface area contributed by atoms with Crippen LogP contribution in [0.2, 0.25) is 0 Å². The highest BCUT2D eigenvalue weighted by Gasteiger charge is 2.34. The van der Waals surface area contributed by atoms with Crippen LogP contribution in [0.4, 0.5) is 4.79 Å². The minimum absolute atomic E-state index is 0.119. The van der Waals surface area contributed by atoms with E-state index in [9.17, 15) is 14.4 Å². The Kier molecular flexibility index (Phi) is 6.57. The summed E-state index contributed by atoms with van der Waals surface area (Å²) in [6, 6.07) is 13.7. The molecule has 1 saturated heterocycles. The van der Waals surface area contributed by atoms with Crippen LogP contribution < -0.4 is 5.32 Å². The predicted octanol–water partition coefficient (Wildman–Crippen LogP) is 4.08. The molecule has 32 heavy (non-hydrogen) atoms. The van der Waals surface area contributed by atoms with Gasteiger partial charge < -0.3 is 5.32 Å². The molecule has 9 heteroatoms. The number of hydrogen-bond acceptors (Lipinski definition) is 6. The second kappa shape index (κ2) is 9.54. The summed E-state index contributed by atoms with van der Waals surface area (Å²) in [5.41, 5.74) is 3.03. The average Bonchev–Trinajstić information content (AvgIpc) is 3.44. The van der Waals surface area contributed by atoms with Crippen molar-refractivity contribution in [2.45, 2.75) is 20.4 Å². The minimum atomic E-state index is -0.328. The van der Waals surface area contributed by atoms with Crippen LogP contribution in [0.25, 0.3) is 6.08 Å². The molecule has 1 N–H and O–H groups in total. The highest BCUT2D eigenvalue weighted by molar-refractivity contribution is 8.18. The van der Waals surface area contributed by atoms with Gasteiger partial charge in [-0.2, -0.15) is 5.10 Å². The van der Waals surface area contributed by atoms with E-state index in [0.29, 0.717) is 22.7 Å². The van der Waals surface area contributed by atoms with Crippen molar-refractivity contribution in [1.82, 2.24) is 20.0 Å². The monoisotopic (exact) mass is 466 g/mol. The summed E-state index contributed by atoms with van der Waals surface area (Å²) in [5.74, 6) is -0.592. The third kappa shape index (κ3) is 4.68. The van der Waals surface area contributed by atoms with Crippen LogP contribution in [0.1, 0.15) is 32.2 Å². The molecule has 2 aromatic heterocycles. The van der Waals surface area contributed by atoms with Gasteiger partial charge in [-0.25, -0.2) is 0 Å². The highest BCUT2D eigenvalue weighted by Crippen LogP contribution is 2.32. The first kappa shape index (κ1) is 22.0. The molecule has 3 amide bonds. The molecule has 164 valence electrons. The van der Waals surface area contributed by atoms with E-state index in [1.807, 2.05) is 59.5 Å². The number of thioether (sulfide) groups is 1. The molecule has 0 bridgehead atoms. The van der Waals surface area contributed by atoms with E-state index in [-0.39, 0.29) is 30.1 Å². The fraction of sp³-hybridized carbons (Fsp3) is 0.217. The number of hydrogen-bond donors (Lipinski definition) is 1. The molecule has 0 atom stereocenters. The van der Waals surface area contributed by atoms with Gasteiger partial charge in [0, 0.05) is 23.7 Å². The zero-order chi connectivity index (χ0) is 22.7. The molecule has 0 radical (unpaired) electrons. The van der Waals surface area contributed by atoms with Gasteiger partial charge in [-0.1, -0.05) is 36.4 Å². The zero-order valence-corrected chi connectivity index (χ0v) is 19.3. The lowest BCUT2D eigenvalue weighted by atomic mass is 10.1. The maximum atomic E-state index is 12.8. The average molecular weight is 467 g/mol. The summed E-state index contributed by atoms with van der Waals surface area (Å²) < 4.78 is 1.81. The lowest BCUT2D eigenvalue weighted by Crippen LogP contribution is -2.37. The van der Waals surface area contributed by atoms with Crippen LogP contribution in [-0.2, 0) is 11.3 Å². The maximum absolute atomic E-state index is 12.8. The number of thiophene rings is 1. The third-order valence-corrected chi connectivity index (χ3v) is 6.82. The molecular formula is C23H22N4O3S2. The van der Waals surface area contributed by atoms with Gasteiger partial charge in [0.2, 0.25) is 0 Å². The van der Waals surface area contributed by atoms with Gasteiger partial charge >= 0.3 is 0 Å². The van der Waals surface area contributed by atoms with Crippen molar-refractivity contribution in [3.63, 3.8) is 0 Å². The predicted molar refractivity (Wildman–Crippen MR) is 127 cm³/mol. The van der Waals surface area contributed by atoms with Crippen LogP contribution in [0.15, 0.2) is 52.7 Å². The minimum Gasteiger partial charge on any atom is -0.350 e. The van der Waals surface area contributed by atoms with E-state index in [1.165, 1.54) is 16.2 Å². The SMILES string of the molecule is Cc1nn(Cc2ccccc2)c(C)c1C(=O)NCCN1C(=O)S/C(=C\c2cccs2)C1=O. The van der Waals surface area contributed by atoms with E-state index in [1.54, 1.807) is 13.0 Å². The Labute approximate surface area is 194 Å². The number of nitrogens with one attached hydrogen (secondary N) is 1. The molecule has 7 nitrogen and oxygen atoms in total. The molecule has 1 aliphatic rings. The summed E-state index contributed by atoms with van der Waals surface area (Å²) in [4.78, 5) is 40.1. The molecule has 3 heterocycles. The fourth-order valence-electron chi connectivity index (χ4n) is 3.50. The van der Waals surface area contributed by atoms with E-state index in [2.05, 4.69) is 10.4 Å². The standard InChI is InChI=1S/C23H22N4O3S2/c1-15-20(16(2)27(25-15)14-17-7-4-3-5-8-17)21(28)24-10-11-26-22(29)19(32-23(26)30)13-18-9-6-12-31-18/h3-9,12-13H,10-11,14H2,1-2H3,(H,24,28)/b19-13-. The largest absolute Gasteiger partial charge is 0.350 e. The first-order valence-electron chi connectivity index (χ1n) is 10.1. The van der Waals surface area contributed by atoms with Crippen molar-refractivity contribution in [2.24, 2.45) is 0 Å². The Morgan fingerprint density at radius 2 is 1.91 bits per heavy atom. The van der Waals surface area contributed by atoms with Crippen molar-refractivity contribution in [1.29, 1.82) is 0 Å². The molecule has 3 aromatic rings. The number of aromatic nitrogens is 2. The van der Waals surface area contributed by atoms with Gasteiger partial charge in [-0.05, 0) is 48.7 Å². The molecule has 0 saturated carbocycles. The Bertz CT molecular complexity index is 1180. The molecule has 1 fully saturated rings. The Hall–Kier alpha value is -3.17. The Morgan fingerprint density at radius 1 is 1.12 bits per heavy atom. The smallest absolute Gasteiger partial charge is 0.293 e. The van der Waals surface area contributed by atoms with Crippen molar-refractivity contribution >= 4 is 46.2 Å². The first-order valence-corrected chi connectivity index (χ1v) is 11.8. The van der Waals surface area contributed by atoms with Gasteiger partial charge in [0.1, 0.15) is 0 Å². The number of imide groups is 1. The van der Waals surface area contributed by atoms with Gasteiger partial charge in [0.25, 0.3) is 17.1 Å². The molecular weight excluding hydrogens is 444 g/mol. The van der Waals surface area contributed by atoms with Crippen LogP contribution in [0, 0.1) is 13.8 Å². The van der Waals surface area contributed by atoms with Crippen molar-refractivity contribution in [2.75, 3.05) is 13.1 Å². The molecule has 0 aliphatic carbocycles. The molecule has 4 rings (SSSR count). The highest BCUT2D eigenvalue weighted by atomic mass is 32.2. The van der Waals surface area contributed by atoms with Gasteiger partial charge in [-0.15, -0.1) is 11.3 Å². The van der Waals surface area contributed by atoms with E-state index in [4.69, 9.17) is 0 Å². The molecule has 0 spiro atoms. The molecule has 0 unspecified atom stereocenters. The topological polar surface area (TPSA) is 84.3 Å². The van der Waals surface area contributed by atoms with E-state index < -0.39 is 0 Å². The van der Waals surface area contributed by atoms with E-state index in [0.717, 1.165) is 27.9 Å². The fourth-order valence-corrected chi connectivity index (χ4v) is 5.09. The maximum Gasteiger partial charge on any atom is 0.293 e. The zero-order valence-electron chi connectivity index (χ0n) is 17.7. The van der Waals surface area contributed by atoms with Crippen LogP contribution in [0.3, 0.4) is 0 Å². The van der Waals surface area contributed by atoms with Gasteiger partial charge in [-0.3, -0.25) is 24.0 Å². The molecule has 1 aliphatic heterocycles. The van der Waals surface area contributed by atoms with Crippen LogP contribution in [-0.4, -0.2) is 44.8 Å². The van der Waals surface area contributed by atoms with Crippen LogP contribution in [0.5, 0.6) is 0 Å². The Morgan fingerprint density at radius 3 is 2.62 bits per heavy atom. The van der Waals surface area contributed by atoms with Gasteiger partial charge in [0.15, 0.2) is 0 Å². The normalized spacial score (nSPS) is 15.1. The summed E-state index contributed by atoms with van der Waals surface area (Å²) in [6.45, 7) is 4.54. The third-order valence-electron chi connectivity index (χ3n) is 5.09. The second-order valence-electron chi connectivity index (χ2n) is 7.29. The lowest BCUT2D eigenvalue weighted by molar-refractivity contribution is -0.122. The van der Waals surface area contributed by atoms with E-state index >= 15 is 0 Å². The molecule has 1 aromatic carbocycles. The Balaban J connectivity index is 1.37. The number of amides is 3. The number of rotatable bonds is 7. The number of carbonyl (C=O) groups excluding carboxylic acids is 3. The number of nitrogens with zero attached hydrogens (tertiary/aromatic N) is 3. The summed E-state index contributed by atoms with van der Waals surface area (Å²) in [6.07, 6.45) is 1.72. The lowest BCUT2D eigenvalue weighted by Gasteiger charge is -2.13. The summed E-state index contributed by atoms with van der Waals surface area (Å²) in [7, 11) is 0. The first-order chi connectivity index (χ1) is 15.4. The number of benzene rings is 1. The number of carbonyl (C=O) groups is 3. The summed E-state index contributed by atoms with van der Waals surface area (Å²) >= 11 is 2.43. The summed E-state index contributed by atoms with van der Waals surface area (Å²) in [5, 5.41) is 8.92. The number of aryl methyl sites for hydroxylation is 1. The van der Waals surface area contributed by atoms with Crippen LogP contribution >= 0.6 is 23.1 Å². The quantitative estimate of drug-likeness (QED) is 0.531. The second-order valence-corrected chi connectivity index (χ2v) is 9.27.